The predicted octanol–water partition coefficient (Wildman–Crippen LogP) is 4.88. The van der Waals surface area contributed by atoms with Gasteiger partial charge in [0, 0.05) is 10.2 Å². The second-order valence-corrected chi connectivity index (χ2v) is 7.24. The van der Waals surface area contributed by atoms with E-state index >= 15 is 0 Å². The van der Waals surface area contributed by atoms with E-state index in [1.165, 1.54) is 7.11 Å². The fourth-order valence-electron chi connectivity index (χ4n) is 3.27. The second-order valence-electron chi connectivity index (χ2n) is 6.32. The number of esters is 1. The fraction of sp³-hybridized carbons (Fsp3) is 0.182. The monoisotopic (exact) mass is 425 g/mol. The van der Waals surface area contributed by atoms with Gasteiger partial charge in [-0.25, -0.2) is 4.79 Å². The van der Waals surface area contributed by atoms with Crippen molar-refractivity contribution in [2.45, 2.75) is 19.9 Å². The Balaban J connectivity index is 2.08. The summed E-state index contributed by atoms with van der Waals surface area (Å²) in [4.78, 5) is 27.3. The molecule has 0 fully saturated rings. The van der Waals surface area contributed by atoms with Gasteiger partial charge >= 0.3 is 5.97 Å². The molecule has 0 aliphatic carbocycles. The van der Waals surface area contributed by atoms with E-state index in [-0.39, 0.29) is 11.9 Å². The van der Waals surface area contributed by atoms with Gasteiger partial charge in [-0.2, -0.15) is 0 Å². The molecule has 5 heteroatoms. The number of rotatable bonds is 4. The quantitative estimate of drug-likeness (QED) is 0.517. The molecule has 2 aromatic carbocycles. The van der Waals surface area contributed by atoms with Gasteiger partial charge in [-0.1, -0.05) is 58.4 Å². The second kappa shape index (κ2) is 7.92. The first-order valence-electron chi connectivity index (χ1n) is 8.59. The molecule has 1 heterocycles. The van der Waals surface area contributed by atoms with E-state index < -0.39 is 5.97 Å². The van der Waals surface area contributed by atoms with E-state index in [1.54, 1.807) is 17.9 Å². The smallest absolute Gasteiger partial charge is 0.340 e. The number of carbonyl (C=O) groups is 2. The maximum atomic E-state index is 13.2. The lowest BCUT2D eigenvalue weighted by molar-refractivity contribution is -0.136. The minimum absolute atomic E-state index is 0.200. The Hall–Kier alpha value is -2.66. The van der Waals surface area contributed by atoms with Crippen molar-refractivity contribution in [3.05, 3.63) is 87.0 Å². The molecule has 27 heavy (non-hydrogen) atoms. The molecule has 0 bridgehead atoms. The number of benzene rings is 2. The summed E-state index contributed by atoms with van der Waals surface area (Å²) in [6, 6.07) is 17.1. The molecule has 0 N–H and O–H groups in total. The highest BCUT2D eigenvalue weighted by Gasteiger charge is 2.39. The third kappa shape index (κ3) is 3.74. The molecule has 0 unspecified atom stereocenters. The molecule has 1 atom stereocenters. The van der Waals surface area contributed by atoms with Crippen molar-refractivity contribution in [2.75, 3.05) is 7.11 Å². The van der Waals surface area contributed by atoms with Crippen LogP contribution in [0.5, 0.6) is 0 Å². The zero-order chi connectivity index (χ0) is 19.6. The van der Waals surface area contributed by atoms with Gasteiger partial charge in [0.1, 0.15) is 0 Å². The van der Waals surface area contributed by atoms with Gasteiger partial charge in [-0.3, -0.25) is 4.79 Å². The lowest BCUT2D eigenvalue weighted by atomic mass is 10.0. The average Bonchev–Trinajstić information content (AvgIpc) is 2.93. The third-order valence-corrected chi connectivity index (χ3v) is 5.21. The molecule has 0 saturated carbocycles. The average molecular weight is 426 g/mol. The SMILES string of the molecule is COC(=O)C1=C(C)N([C@H](C)c2ccccc2)C(=O)/C1=C\c1ccc(Br)cc1. The summed E-state index contributed by atoms with van der Waals surface area (Å²) in [6.07, 6.45) is 1.74. The van der Waals surface area contributed by atoms with Crippen molar-refractivity contribution in [2.24, 2.45) is 0 Å². The Morgan fingerprint density at radius 2 is 1.74 bits per heavy atom. The Labute approximate surface area is 167 Å². The summed E-state index contributed by atoms with van der Waals surface area (Å²) < 4.78 is 5.90. The molecule has 3 rings (SSSR count). The van der Waals surface area contributed by atoms with Gasteiger partial charge < -0.3 is 9.64 Å². The molecule has 1 aliphatic heterocycles. The number of hydrogen-bond acceptors (Lipinski definition) is 3. The fourth-order valence-corrected chi connectivity index (χ4v) is 3.53. The normalized spacial score (nSPS) is 16.8. The molecule has 4 nitrogen and oxygen atoms in total. The molecule has 1 aliphatic rings. The summed E-state index contributed by atoms with van der Waals surface area (Å²) in [5.74, 6) is -0.709. The van der Waals surface area contributed by atoms with Gasteiger partial charge in [0.2, 0.25) is 0 Å². The van der Waals surface area contributed by atoms with Crippen LogP contribution >= 0.6 is 15.9 Å². The number of carbonyl (C=O) groups excluding carboxylic acids is 2. The molecule has 0 spiro atoms. The maximum absolute atomic E-state index is 13.2. The van der Waals surface area contributed by atoms with Crippen LogP contribution in [0, 0.1) is 0 Å². The highest BCUT2D eigenvalue weighted by atomic mass is 79.9. The minimum Gasteiger partial charge on any atom is -0.465 e. The standard InChI is InChI=1S/C22H20BrNO3/c1-14(17-7-5-4-6-8-17)24-15(2)20(22(26)27-3)19(21(24)25)13-16-9-11-18(23)12-10-16/h4-14H,1-3H3/b19-13-/t14-/m1/s1. The summed E-state index contributed by atoms with van der Waals surface area (Å²) in [5.41, 5.74) is 3.11. The first-order chi connectivity index (χ1) is 12.9. The van der Waals surface area contributed by atoms with Crippen LogP contribution in [-0.2, 0) is 14.3 Å². The maximum Gasteiger partial charge on any atom is 0.340 e. The van der Waals surface area contributed by atoms with E-state index in [0.717, 1.165) is 15.6 Å². The van der Waals surface area contributed by atoms with E-state index in [2.05, 4.69) is 15.9 Å². The Morgan fingerprint density at radius 3 is 2.33 bits per heavy atom. The van der Waals surface area contributed by atoms with Crippen LogP contribution in [-0.4, -0.2) is 23.9 Å². The Morgan fingerprint density at radius 1 is 1.11 bits per heavy atom. The Bertz CT molecular complexity index is 930. The largest absolute Gasteiger partial charge is 0.465 e. The van der Waals surface area contributed by atoms with Gasteiger partial charge in [0.05, 0.1) is 24.3 Å². The molecule has 2 aromatic rings. The molecular weight excluding hydrogens is 406 g/mol. The summed E-state index contributed by atoms with van der Waals surface area (Å²) in [7, 11) is 1.33. The highest BCUT2D eigenvalue weighted by Crippen LogP contribution is 2.37. The van der Waals surface area contributed by atoms with Crippen molar-refractivity contribution in [3.63, 3.8) is 0 Å². The lowest BCUT2D eigenvalue weighted by Gasteiger charge is -2.26. The zero-order valence-electron chi connectivity index (χ0n) is 15.4. The summed E-state index contributed by atoms with van der Waals surface area (Å²) in [5, 5.41) is 0. The zero-order valence-corrected chi connectivity index (χ0v) is 17.0. The van der Waals surface area contributed by atoms with Crippen LogP contribution in [0.2, 0.25) is 0 Å². The van der Waals surface area contributed by atoms with Crippen molar-refractivity contribution >= 4 is 33.9 Å². The van der Waals surface area contributed by atoms with Crippen molar-refractivity contribution in [1.29, 1.82) is 0 Å². The van der Waals surface area contributed by atoms with Gasteiger partial charge in [0.25, 0.3) is 5.91 Å². The van der Waals surface area contributed by atoms with E-state index in [4.69, 9.17) is 4.74 Å². The van der Waals surface area contributed by atoms with Crippen LogP contribution in [0.1, 0.15) is 31.0 Å². The van der Waals surface area contributed by atoms with Gasteiger partial charge in [0.15, 0.2) is 0 Å². The first kappa shape index (κ1) is 19.1. The molecule has 0 saturated heterocycles. The van der Waals surface area contributed by atoms with E-state index in [0.29, 0.717) is 16.8 Å². The van der Waals surface area contributed by atoms with Crippen molar-refractivity contribution in [3.8, 4) is 0 Å². The number of halogens is 1. The predicted molar refractivity (Wildman–Crippen MR) is 109 cm³/mol. The molecular formula is C22H20BrNO3. The molecule has 0 radical (unpaired) electrons. The Kier molecular flexibility index (Phi) is 5.61. The van der Waals surface area contributed by atoms with E-state index in [1.807, 2.05) is 61.5 Å². The van der Waals surface area contributed by atoms with Crippen LogP contribution < -0.4 is 0 Å². The number of ether oxygens (including phenoxy) is 1. The molecule has 138 valence electrons. The molecule has 0 aromatic heterocycles. The van der Waals surface area contributed by atoms with Crippen LogP contribution in [0.3, 0.4) is 0 Å². The topological polar surface area (TPSA) is 46.6 Å². The third-order valence-electron chi connectivity index (χ3n) is 4.68. The van der Waals surface area contributed by atoms with Crippen LogP contribution in [0.25, 0.3) is 6.08 Å². The van der Waals surface area contributed by atoms with Crippen molar-refractivity contribution < 1.29 is 14.3 Å². The van der Waals surface area contributed by atoms with Gasteiger partial charge in [-0.05, 0) is 43.2 Å². The summed E-state index contributed by atoms with van der Waals surface area (Å²) >= 11 is 3.40. The van der Waals surface area contributed by atoms with E-state index in [9.17, 15) is 9.59 Å². The van der Waals surface area contributed by atoms with Crippen LogP contribution in [0.4, 0.5) is 0 Å². The lowest BCUT2D eigenvalue weighted by Crippen LogP contribution is -2.28. The molecule has 1 amide bonds. The van der Waals surface area contributed by atoms with Crippen LogP contribution in [0.15, 0.2) is 75.9 Å². The summed E-state index contributed by atoms with van der Waals surface area (Å²) in [6.45, 7) is 3.74. The number of nitrogens with zero attached hydrogens (tertiary/aromatic N) is 1. The van der Waals surface area contributed by atoms with Crippen molar-refractivity contribution in [1.82, 2.24) is 4.90 Å². The number of methoxy groups -OCH3 is 1. The highest BCUT2D eigenvalue weighted by molar-refractivity contribution is 9.10. The minimum atomic E-state index is -0.507. The first-order valence-corrected chi connectivity index (χ1v) is 9.38. The number of amides is 1. The van der Waals surface area contributed by atoms with Gasteiger partial charge in [-0.15, -0.1) is 0 Å². The number of allylic oxidation sites excluding steroid dienone is 1. The number of hydrogen-bond donors (Lipinski definition) is 0.